The van der Waals surface area contributed by atoms with Crippen molar-refractivity contribution < 1.29 is 4.74 Å². The third-order valence-corrected chi connectivity index (χ3v) is 4.88. The maximum Gasteiger partial charge on any atom is 0.142 e. The van der Waals surface area contributed by atoms with Crippen molar-refractivity contribution in [1.29, 1.82) is 0 Å². The standard InChI is InChI=1S/C15H20BrN3O/c1-15(4-7-19(2)8-5-15)10-20-12-3-6-17-14-13(12)11(16)9-18-14/h3,6,9H,4-5,7-8,10H2,1-2H3,(H,17,18). The number of pyridine rings is 1. The third-order valence-electron chi connectivity index (χ3n) is 4.26. The highest BCUT2D eigenvalue weighted by molar-refractivity contribution is 9.10. The Kier molecular flexibility index (Phi) is 3.73. The van der Waals surface area contributed by atoms with E-state index in [9.17, 15) is 0 Å². The van der Waals surface area contributed by atoms with Gasteiger partial charge in [-0.05, 0) is 55.0 Å². The average Bonchev–Trinajstić information content (AvgIpc) is 2.83. The Morgan fingerprint density at radius 3 is 2.95 bits per heavy atom. The van der Waals surface area contributed by atoms with Crippen LogP contribution in [0, 0.1) is 5.41 Å². The fourth-order valence-corrected chi connectivity index (χ4v) is 3.16. The molecule has 3 heterocycles. The number of H-pyrrole nitrogens is 1. The van der Waals surface area contributed by atoms with E-state index in [4.69, 9.17) is 4.74 Å². The third kappa shape index (κ3) is 2.69. The number of hydrogen-bond donors (Lipinski definition) is 1. The molecule has 1 N–H and O–H groups in total. The Balaban J connectivity index is 1.75. The molecule has 108 valence electrons. The minimum Gasteiger partial charge on any atom is -0.492 e. The first-order valence-corrected chi connectivity index (χ1v) is 7.80. The van der Waals surface area contributed by atoms with Gasteiger partial charge in [-0.3, -0.25) is 0 Å². The van der Waals surface area contributed by atoms with Gasteiger partial charge in [-0.15, -0.1) is 0 Å². The van der Waals surface area contributed by atoms with Crippen LogP contribution in [0.4, 0.5) is 0 Å². The molecule has 1 aliphatic rings. The van der Waals surface area contributed by atoms with Crippen LogP contribution in [0.5, 0.6) is 5.75 Å². The molecule has 1 fully saturated rings. The Morgan fingerprint density at radius 2 is 2.20 bits per heavy atom. The van der Waals surface area contributed by atoms with Crippen LogP contribution in [-0.4, -0.2) is 41.6 Å². The molecular formula is C15H20BrN3O. The van der Waals surface area contributed by atoms with Crippen molar-refractivity contribution in [1.82, 2.24) is 14.9 Å². The van der Waals surface area contributed by atoms with Gasteiger partial charge in [-0.1, -0.05) is 6.92 Å². The monoisotopic (exact) mass is 337 g/mol. The summed E-state index contributed by atoms with van der Waals surface area (Å²) in [5.41, 5.74) is 1.13. The lowest BCUT2D eigenvalue weighted by Gasteiger charge is -2.37. The Bertz CT molecular complexity index is 602. The number of hydrogen-bond acceptors (Lipinski definition) is 3. The van der Waals surface area contributed by atoms with Crippen molar-refractivity contribution in [2.24, 2.45) is 5.41 Å². The Hall–Kier alpha value is -1.07. The molecule has 1 aliphatic heterocycles. The van der Waals surface area contributed by atoms with E-state index in [0.29, 0.717) is 0 Å². The fraction of sp³-hybridized carbons (Fsp3) is 0.533. The van der Waals surface area contributed by atoms with Crippen LogP contribution >= 0.6 is 15.9 Å². The molecular weight excluding hydrogens is 318 g/mol. The summed E-state index contributed by atoms with van der Waals surface area (Å²) >= 11 is 3.55. The first kappa shape index (κ1) is 13.9. The molecule has 0 saturated carbocycles. The van der Waals surface area contributed by atoms with Crippen molar-refractivity contribution in [3.63, 3.8) is 0 Å². The van der Waals surface area contributed by atoms with Crippen LogP contribution in [0.1, 0.15) is 19.8 Å². The molecule has 0 aromatic carbocycles. The second-order valence-electron chi connectivity index (χ2n) is 6.07. The zero-order chi connectivity index (χ0) is 14.2. The summed E-state index contributed by atoms with van der Waals surface area (Å²) in [4.78, 5) is 9.83. The van der Waals surface area contributed by atoms with Gasteiger partial charge >= 0.3 is 0 Å². The molecule has 0 amide bonds. The SMILES string of the molecule is CN1CCC(C)(COc2ccnc3[nH]cc(Br)c23)CC1. The molecule has 0 radical (unpaired) electrons. The number of rotatable bonds is 3. The zero-order valence-electron chi connectivity index (χ0n) is 11.9. The summed E-state index contributed by atoms with van der Waals surface area (Å²) in [6.45, 7) is 5.39. The van der Waals surface area contributed by atoms with Crippen LogP contribution in [0.25, 0.3) is 11.0 Å². The van der Waals surface area contributed by atoms with Crippen LogP contribution in [0.2, 0.25) is 0 Å². The first-order valence-electron chi connectivity index (χ1n) is 7.00. The number of likely N-dealkylation sites (tertiary alicyclic amines) is 1. The van der Waals surface area contributed by atoms with Crippen molar-refractivity contribution in [2.45, 2.75) is 19.8 Å². The van der Waals surface area contributed by atoms with Crippen molar-refractivity contribution >= 4 is 27.0 Å². The van der Waals surface area contributed by atoms with Crippen molar-refractivity contribution in [3.05, 3.63) is 22.9 Å². The van der Waals surface area contributed by atoms with E-state index in [1.807, 2.05) is 12.3 Å². The molecule has 0 spiro atoms. The van der Waals surface area contributed by atoms with Crippen molar-refractivity contribution in [3.8, 4) is 5.75 Å². The molecule has 0 bridgehead atoms. The number of fused-ring (bicyclic) bond motifs is 1. The summed E-state index contributed by atoms with van der Waals surface area (Å²) in [5, 5.41) is 1.03. The lowest BCUT2D eigenvalue weighted by molar-refractivity contribution is 0.0810. The van der Waals surface area contributed by atoms with Crippen LogP contribution in [0.3, 0.4) is 0 Å². The molecule has 2 aromatic heterocycles. The van der Waals surface area contributed by atoms with Gasteiger partial charge in [-0.2, -0.15) is 0 Å². The molecule has 20 heavy (non-hydrogen) atoms. The minimum absolute atomic E-state index is 0.269. The number of aromatic nitrogens is 2. The van der Waals surface area contributed by atoms with E-state index in [-0.39, 0.29) is 5.41 Å². The van der Waals surface area contributed by atoms with Crippen molar-refractivity contribution in [2.75, 3.05) is 26.7 Å². The maximum absolute atomic E-state index is 6.13. The quantitative estimate of drug-likeness (QED) is 0.932. The van der Waals surface area contributed by atoms with Crippen LogP contribution in [0.15, 0.2) is 22.9 Å². The van der Waals surface area contributed by atoms with Gasteiger partial charge < -0.3 is 14.6 Å². The Labute approximate surface area is 127 Å². The largest absolute Gasteiger partial charge is 0.492 e. The summed E-state index contributed by atoms with van der Waals surface area (Å²) in [6, 6.07) is 1.94. The number of ether oxygens (including phenoxy) is 1. The molecule has 2 aromatic rings. The lowest BCUT2D eigenvalue weighted by Crippen LogP contribution is -2.39. The smallest absolute Gasteiger partial charge is 0.142 e. The minimum atomic E-state index is 0.269. The summed E-state index contributed by atoms with van der Waals surface area (Å²) < 4.78 is 7.13. The second-order valence-corrected chi connectivity index (χ2v) is 6.93. The highest BCUT2D eigenvalue weighted by Crippen LogP contribution is 2.34. The summed E-state index contributed by atoms with van der Waals surface area (Å²) in [5.74, 6) is 0.906. The molecule has 0 unspecified atom stereocenters. The summed E-state index contributed by atoms with van der Waals surface area (Å²) in [6.07, 6.45) is 6.07. The average molecular weight is 338 g/mol. The molecule has 3 rings (SSSR count). The second kappa shape index (κ2) is 5.37. The highest BCUT2D eigenvalue weighted by atomic mass is 79.9. The summed E-state index contributed by atoms with van der Waals surface area (Å²) in [7, 11) is 2.18. The van der Waals surface area contributed by atoms with Gasteiger partial charge in [0.2, 0.25) is 0 Å². The number of halogens is 1. The molecule has 1 saturated heterocycles. The van der Waals surface area contributed by atoms with E-state index in [1.165, 1.54) is 12.8 Å². The normalized spacial score (nSPS) is 19.4. The number of aromatic amines is 1. The van der Waals surface area contributed by atoms with Gasteiger partial charge in [-0.25, -0.2) is 4.98 Å². The van der Waals surface area contributed by atoms with Crippen LogP contribution < -0.4 is 4.74 Å². The lowest BCUT2D eigenvalue weighted by atomic mass is 9.81. The highest BCUT2D eigenvalue weighted by Gasteiger charge is 2.29. The fourth-order valence-electron chi connectivity index (χ4n) is 2.66. The number of piperidine rings is 1. The van der Waals surface area contributed by atoms with E-state index in [2.05, 4.69) is 44.8 Å². The van der Waals surface area contributed by atoms with Gasteiger partial charge in [0.15, 0.2) is 0 Å². The van der Waals surface area contributed by atoms with Gasteiger partial charge in [0.1, 0.15) is 11.4 Å². The Morgan fingerprint density at radius 1 is 1.45 bits per heavy atom. The zero-order valence-corrected chi connectivity index (χ0v) is 13.5. The van der Waals surface area contributed by atoms with E-state index >= 15 is 0 Å². The molecule has 4 nitrogen and oxygen atoms in total. The van der Waals surface area contributed by atoms with Gasteiger partial charge in [0, 0.05) is 22.3 Å². The molecule has 0 atom stereocenters. The number of nitrogens with one attached hydrogen (secondary N) is 1. The molecule has 0 aliphatic carbocycles. The van der Waals surface area contributed by atoms with E-state index in [1.54, 1.807) is 6.20 Å². The van der Waals surface area contributed by atoms with Gasteiger partial charge in [0.25, 0.3) is 0 Å². The topological polar surface area (TPSA) is 41.1 Å². The number of nitrogens with zero attached hydrogens (tertiary/aromatic N) is 2. The van der Waals surface area contributed by atoms with E-state index in [0.717, 1.165) is 41.0 Å². The first-order chi connectivity index (χ1) is 9.57. The van der Waals surface area contributed by atoms with Gasteiger partial charge in [0.05, 0.1) is 12.0 Å². The van der Waals surface area contributed by atoms with Crippen LogP contribution in [-0.2, 0) is 0 Å². The predicted octanol–water partition coefficient (Wildman–Crippen LogP) is 3.44. The predicted molar refractivity (Wildman–Crippen MR) is 84.1 cm³/mol. The maximum atomic E-state index is 6.13. The molecule has 5 heteroatoms. The van der Waals surface area contributed by atoms with E-state index < -0.39 is 0 Å².